The van der Waals surface area contributed by atoms with Gasteiger partial charge in [-0.2, -0.15) is 0 Å². The van der Waals surface area contributed by atoms with Crippen LogP contribution in [0.2, 0.25) is 0 Å². The molecule has 2 N–H and O–H groups in total. The van der Waals surface area contributed by atoms with E-state index in [1.807, 2.05) is 0 Å². The quantitative estimate of drug-likeness (QED) is 0.834. The summed E-state index contributed by atoms with van der Waals surface area (Å²) in [5, 5.41) is 2.96. The zero-order valence-electron chi connectivity index (χ0n) is 12.6. The first-order valence-corrected chi connectivity index (χ1v) is 7.35. The van der Waals surface area contributed by atoms with Crippen LogP contribution in [-0.2, 0) is 4.74 Å². The van der Waals surface area contributed by atoms with Crippen molar-refractivity contribution < 1.29 is 9.53 Å². The molecule has 0 aliphatic carbocycles. The number of ether oxygens (including phenoxy) is 1. The van der Waals surface area contributed by atoms with Crippen molar-refractivity contribution in [3.05, 3.63) is 34.2 Å². The maximum Gasteiger partial charge on any atom is 0.252 e. The third kappa shape index (κ3) is 3.92. The van der Waals surface area contributed by atoms with Crippen LogP contribution in [0.5, 0.6) is 0 Å². The second kappa shape index (κ2) is 6.87. The summed E-state index contributed by atoms with van der Waals surface area (Å²) in [5.74, 6) is -0.167. The van der Waals surface area contributed by atoms with Gasteiger partial charge in [0.25, 0.3) is 5.91 Å². The molecule has 116 valence electrons. The Hall–Kier alpha value is -1.66. The molecule has 6 heteroatoms. The Labute approximate surface area is 124 Å². The minimum absolute atomic E-state index is 0.0817. The summed E-state index contributed by atoms with van der Waals surface area (Å²) in [6.45, 7) is 8.11. The fourth-order valence-corrected chi connectivity index (χ4v) is 2.49. The summed E-state index contributed by atoms with van der Waals surface area (Å²) >= 11 is 0. The van der Waals surface area contributed by atoms with E-state index in [2.05, 4.69) is 29.0 Å². The number of amides is 1. The summed E-state index contributed by atoms with van der Waals surface area (Å²) in [6.07, 6.45) is 2.38. The Morgan fingerprint density at radius 2 is 2.14 bits per heavy atom. The van der Waals surface area contributed by atoms with E-state index < -0.39 is 0 Å². The van der Waals surface area contributed by atoms with Crippen LogP contribution in [0.15, 0.2) is 23.1 Å². The van der Waals surface area contributed by atoms with Crippen molar-refractivity contribution in [2.75, 3.05) is 32.8 Å². The van der Waals surface area contributed by atoms with Crippen molar-refractivity contribution in [3.8, 4) is 0 Å². The molecule has 0 spiro atoms. The van der Waals surface area contributed by atoms with Gasteiger partial charge in [-0.3, -0.25) is 14.5 Å². The molecule has 1 fully saturated rings. The number of nitrogens with one attached hydrogen (secondary N) is 2. The highest BCUT2D eigenvalue weighted by atomic mass is 16.5. The third-order valence-electron chi connectivity index (χ3n) is 4.21. The van der Waals surface area contributed by atoms with Crippen molar-refractivity contribution in [1.29, 1.82) is 0 Å². The standard InChI is InChI=1S/C15H23N3O3/c1-3-15(2,18-6-8-21-9-7-18)11-17-14(20)12-4-5-13(19)16-10-12/h4-5,10H,3,6-9,11H2,1-2H3,(H,16,19)(H,17,20)/t15-/m1/s1. The Balaban J connectivity index is 1.97. The van der Waals surface area contributed by atoms with Crippen LogP contribution >= 0.6 is 0 Å². The number of hydrogen-bond acceptors (Lipinski definition) is 4. The highest BCUT2D eigenvalue weighted by molar-refractivity contribution is 5.93. The number of nitrogens with zero attached hydrogens (tertiary/aromatic N) is 1. The lowest BCUT2D eigenvalue weighted by Gasteiger charge is -2.43. The van der Waals surface area contributed by atoms with Crippen LogP contribution in [-0.4, -0.2) is 54.2 Å². The Kier molecular flexibility index (Phi) is 5.14. The molecule has 2 rings (SSSR count). The Bertz CT molecular complexity index is 517. The predicted octanol–water partition coefficient (Wildman–Crippen LogP) is 0.606. The van der Waals surface area contributed by atoms with Crippen LogP contribution in [0.3, 0.4) is 0 Å². The van der Waals surface area contributed by atoms with Crippen molar-refractivity contribution in [3.63, 3.8) is 0 Å². The minimum atomic E-state index is -0.210. The number of rotatable bonds is 5. The van der Waals surface area contributed by atoms with Gasteiger partial charge in [0.1, 0.15) is 0 Å². The van der Waals surface area contributed by atoms with Crippen molar-refractivity contribution >= 4 is 5.91 Å². The number of morpholine rings is 1. The first-order valence-electron chi connectivity index (χ1n) is 7.35. The average molecular weight is 293 g/mol. The van der Waals surface area contributed by atoms with Gasteiger partial charge in [0.05, 0.1) is 18.8 Å². The number of aromatic nitrogens is 1. The molecule has 1 aliphatic heterocycles. The summed E-state index contributed by atoms with van der Waals surface area (Å²) < 4.78 is 5.38. The minimum Gasteiger partial charge on any atom is -0.379 e. The molecule has 2 heterocycles. The lowest BCUT2D eigenvalue weighted by molar-refractivity contribution is -0.0169. The molecule has 0 radical (unpaired) electrons. The number of aromatic amines is 1. The van der Waals surface area contributed by atoms with Crippen molar-refractivity contribution in [2.45, 2.75) is 25.8 Å². The van der Waals surface area contributed by atoms with E-state index in [-0.39, 0.29) is 17.0 Å². The highest BCUT2D eigenvalue weighted by Crippen LogP contribution is 2.20. The van der Waals surface area contributed by atoms with Gasteiger partial charge in [-0.05, 0) is 19.4 Å². The summed E-state index contributed by atoms with van der Waals surface area (Å²) in [7, 11) is 0. The fraction of sp³-hybridized carbons (Fsp3) is 0.600. The van der Waals surface area contributed by atoms with Gasteiger partial charge in [-0.1, -0.05) is 6.92 Å². The number of H-pyrrole nitrogens is 1. The van der Waals surface area contributed by atoms with E-state index in [4.69, 9.17) is 4.74 Å². The second-order valence-corrected chi connectivity index (χ2v) is 5.57. The fourth-order valence-electron chi connectivity index (χ4n) is 2.49. The molecule has 6 nitrogen and oxygen atoms in total. The number of hydrogen-bond donors (Lipinski definition) is 2. The maximum atomic E-state index is 12.1. The molecular formula is C15H23N3O3. The highest BCUT2D eigenvalue weighted by Gasteiger charge is 2.31. The van der Waals surface area contributed by atoms with E-state index in [1.165, 1.54) is 18.3 Å². The Morgan fingerprint density at radius 1 is 1.43 bits per heavy atom. The van der Waals surface area contributed by atoms with Gasteiger partial charge in [0.2, 0.25) is 5.56 Å². The van der Waals surface area contributed by atoms with E-state index in [0.717, 1.165) is 32.7 Å². The van der Waals surface area contributed by atoms with Crippen molar-refractivity contribution in [1.82, 2.24) is 15.2 Å². The van der Waals surface area contributed by atoms with Crippen LogP contribution in [0.25, 0.3) is 0 Å². The van der Waals surface area contributed by atoms with Gasteiger partial charge < -0.3 is 15.0 Å². The molecule has 0 aromatic carbocycles. The maximum absolute atomic E-state index is 12.1. The molecule has 1 saturated heterocycles. The third-order valence-corrected chi connectivity index (χ3v) is 4.21. The average Bonchev–Trinajstić information content (AvgIpc) is 2.54. The molecule has 1 aromatic heterocycles. The molecule has 0 saturated carbocycles. The first-order chi connectivity index (χ1) is 10.0. The van der Waals surface area contributed by atoms with Crippen molar-refractivity contribution in [2.24, 2.45) is 0 Å². The van der Waals surface area contributed by atoms with Crippen LogP contribution in [0.1, 0.15) is 30.6 Å². The van der Waals surface area contributed by atoms with E-state index in [0.29, 0.717) is 12.1 Å². The van der Waals surface area contributed by atoms with E-state index in [9.17, 15) is 9.59 Å². The summed E-state index contributed by atoms with van der Waals surface area (Å²) in [5.41, 5.74) is 0.176. The molecule has 0 bridgehead atoms. The van der Waals surface area contributed by atoms with Gasteiger partial charge in [0.15, 0.2) is 0 Å². The molecule has 1 aromatic rings. The molecule has 1 amide bonds. The molecular weight excluding hydrogens is 270 g/mol. The molecule has 0 unspecified atom stereocenters. The number of carbonyl (C=O) groups excluding carboxylic acids is 1. The number of pyridine rings is 1. The van der Waals surface area contributed by atoms with Crippen LogP contribution in [0.4, 0.5) is 0 Å². The molecule has 1 atom stereocenters. The monoisotopic (exact) mass is 293 g/mol. The SMILES string of the molecule is CC[C@](C)(CNC(=O)c1ccc(=O)[nH]c1)N1CCOCC1. The smallest absolute Gasteiger partial charge is 0.252 e. The number of carbonyl (C=O) groups is 1. The first kappa shape index (κ1) is 15.7. The summed E-state index contributed by atoms with van der Waals surface area (Å²) in [6, 6.07) is 2.89. The Morgan fingerprint density at radius 3 is 2.71 bits per heavy atom. The molecule has 21 heavy (non-hydrogen) atoms. The van der Waals surface area contributed by atoms with Gasteiger partial charge in [0, 0.05) is 37.4 Å². The lowest BCUT2D eigenvalue weighted by Crippen LogP contribution is -2.56. The van der Waals surface area contributed by atoms with Gasteiger partial charge in [-0.25, -0.2) is 0 Å². The molecule has 1 aliphatic rings. The predicted molar refractivity (Wildman–Crippen MR) is 80.5 cm³/mol. The second-order valence-electron chi connectivity index (χ2n) is 5.57. The summed E-state index contributed by atoms with van der Waals surface area (Å²) in [4.78, 5) is 28.0. The zero-order chi connectivity index (χ0) is 15.3. The lowest BCUT2D eigenvalue weighted by atomic mass is 9.95. The van der Waals surface area contributed by atoms with Gasteiger partial charge >= 0.3 is 0 Å². The van der Waals surface area contributed by atoms with Crippen LogP contribution < -0.4 is 10.9 Å². The normalized spacial score (nSPS) is 19.0. The zero-order valence-corrected chi connectivity index (χ0v) is 12.6. The van der Waals surface area contributed by atoms with E-state index >= 15 is 0 Å². The van der Waals surface area contributed by atoms with Crippen LogP contribution in [0, 0.1) is 0 Å². The van der Waals surface area contributed by atoms with E-state index in [1.54, 1.807) is 0 Å². The van der Waals surface area contributed by atoms with Gasteiger partial charge in [-0.15, -0.1) is 0 Å². The topological polar surface area (TPSA) is 74.4 Å². The largest absolute Gasteiger partial charge is 0.379 e.